The van der Waals surface area contributed by atoms with Crippen LogP contribution in [0.1, 0.15) is 33.1 Å². The van der Waals surface area contributed by atoms with Crippen LogP contribution in [0.2, 0.25) is 0 Å². The van der Waals surface area contributed by atoms with Crippen LogP contribution in [0.15, 0.2) is 0 Å². The third-order valence-corrected chi connectivity index (χ3v) is 2.77. The quantitative estimate of drug-likeness (QED) is 0.671. The predicted octanol–water partition coefficient (Wildman–Crippen LogP) is 2.50. The molecule has 11 heavy (non-hydrogen) atoms. The van der Waals surface area contributed by atoms with E-state index in [2.05, 4.69) is 20.1 Å². The highest BCUT2D eigenvalue weighted by atomic mass is 32.2. The Kier molecular flexibility index (Phi) is 7.18. The highest BCUT2D eigenvalue weighted by Gasteiger charge is 2.10. The van der Waals surface area contributed by atoms with Gasteiger partial charge >= 0.3 is 0 Å². The summed E-state index contributed by atoms with van der Waals surface area (Å²) in [5.41, 5.74) is 5.98. The van der Waals surface area contributed by atoms with Crippen molar-refractivity contribution >= 4 is 11.8 Å². The second-order valence-corrected chi connectivity index (χ2v) is 4.20. The van der Waals surface area contributed by atoms with Gasteiger partial charge in [0.15, 0.2) is 0 Å². The topological polar surface area (TPSA) is 26.0 Å². The minimum atomic E-state index is 0.419. The van der Waals surface area contributed by atoms with E-state index in [9.17, 15) is 0 Å². The van der Waals surface area contributed by atoms with Crippen molar-refractivity contribution in [3.63, 3.8) is 0 Å². The minimum Gasteiger partial charge on any atom is -0.327 e. The SMILES string of the molecule is CCCC(C)C(N)CCSC. The number of nitrogens with two attached hydrogens (primary N) is 1. The lowest BCUT2D eigenvalue weighted by Gasteiger charge is -2.18. The molecular weight excluding hydrogens is 154 g/mol. The minimum absolute atomic E-state index is 0.419. The molecule has 2 atom stereocenters. The van der Waals surface area contributed by atoms with Crippen LogP contribution in [0, 0.1) is 5.92 Å². The average Bonchev–Trinajstić information content (AvgIpc) is 2.00. The zero-order chi connectivity index (χ0) is 8.69. The van der Waals surface area contributed by atoms with Crippen LogP contribution in [0.3, 0.4) is 0 Å². The standard InChI is InChI=1S/C9H21NS/c1-4-5-8(2)9(10)6-7-11-3/h8-9H,4-7,10H2,1-3H3. The maximum Gasteiger partial charge on any atom is 0.00723 e. The van der Waals surface area contributed by atoms with E-state index in [0.717, 1.165) is 0 Å². The molecule has 0 aromatic heterocycles. The lowest BCUT2D eigenvalue weighted by molar-refractivity contribution is 0.415. The molecule has 0 fully saturated rings. The molecule has 68 valence electrons. The van der Waals surface area contributed by atoms with Gasteiger partial charge in [0.25, 0.3) is 0 Å². The lowest BCUT2D eigenvalue weighted by atomic mass is 9.96. The number of thioether (sulfide) groups is 1. The predicted molar refractivity (Wildman–Crippen MR) is 55.0 cm³/mol. The Morgan fingerprint density at radius 2 is 2.00 bits per heavy atom. The van der Waals surface area contributed by atoms with Gasteiger partial charge in [-0.2, -0.15) is 11.8 Å². The molecule has 0 bridgehead atoms. The zero-order valence-corrected chi connectivity index (χ0v) is 8.79. The fraction of sp³-hybridized carbons (Fsp3) is 1.00. The van der Waals surface area contributed by atoms with Crippen LogP contribution in [-0.2, 0) is 0 Å². The van der Waals surface area contributed by atoms with Gasteiger partial charge in [-0.05, 0) is 30.8 Å². The third kappa shape index (κ3) is 5.57. The van der Waals surface area contributed by atoms with Crippen LogP contribution < -0.4 is 5.73 Å². The summed E-state index contributed by atoms with van der Waals surface area (Å²) in [5, 5.41) is 0. The summed E-state index contributed by atoms with van der Waals surface area (Å²) in [6.45, 7) is 4.48. The first-order chi connectivity index (χ1) is 5.22. The van der Waals surface area contributed by atoms with E-state index in [1.807, 2.05) is 11.8 Å². The maximum atomic E-state index is 5.98. The Morgan fingerprint density at radius 1 is 1.36 bits per heavy atom. The fourth-order valence-electron chi connectivity index (χ4n) is 1.21. The molecule has 0 rings (SSSR count). The Balaban J connectivity index is 3.38. The normalized spacial score (nSPS) is 16.4. The van der Waals surface area contributed by atoms with E-state index >= 15 is 0 Å². The molecule has 0 heterocycles. The molecule has 0 aromatic carbocycles. The van der Waals surface area contributed by atoms with E-state index in [0.29, 0.717) is 12.0 Å². The van der Waals surface area contributed by atoms with Crippen LogP contribution in [0.4, 0.5) is 0 Å². The number of hydrogen-bond acceptors (Lipinski definition) is 2. The monoisotopic (exact) mass is 175 g/mol. The maximum absolute atomic E-state index is 5.98. The Bertz CT molecular complexity index is 85.6. The summed E-state index contributed by atoms with van der Waals surface area (Å²) >= 11 is 1.89. The molecule has 0 aliphatic carbocycles. The average molecular weight is 175 g/mol. The van der Waals surface area contributed by atoms with Crippen molar-refractivity contribution in [2.45, 2.75) is 39.2 Å². The molecule has 0 aliphatic heterocycles. The van der Waals surface area contributed by atoms with Gasteiger partial charge in [0.2, 0.25) is 0 Å². The first-order valence-electron chi connectivity index (χ1n) is 4.46. The molecule has 2 heteroatoms. The Hall–Kier alpha value is 0.310. The van der Waals surface area contributed by atoms with Crippen molar-refractivity contribution in [2.24, 2.45) is 11.7 Å². The smallest absolute Gasteiger partial charge is 0.00723 e. The Labute approximate surface area is 75.1 Å². The molecule has 0 saturated carbocycles. The highest BCUT2D eigenvalue weighted by molar-refractivity contribution is 7.98. The molecular formula is C9H21NS. The van der Waals surface area contributed by atoms with Crippen molar-refractivity contribution in [3.05, 3.63) is 0 Å². The van der Waals surface area contributed by atoms with Gasteiger partial charge in [-0.25, -0.2) is 0 Å². The lowest BCUT2D eigenvalue weighted by Crippen LogP contribution is -2.28. The first-order valence-corrected chi connectivity index (χ1v) is 5.86. The molecule has 0 saturated heterocycles. The molecule has 0 radical (unpaired) electrons. The number of rotatable bonds is 6. The van der Waals surface area contributed by atoms with Crippen LogP contribution >= 0.6 is 11.8 Å². The summed E-state index contributed by atoms with van der Waals surface area (Å²) in [7, 11) is 0. The van der Waals surface area contributed by atoms with Crippen molar-refractivity contribution in [3.8, 4) is 0 Å². The molecule has 0 amide bonds. The van der Waals surface area contributed by atoms with Crippen molar-refractivity contribution in [1.29, 1.82) is 0 Å². The molecule has 2 N–H and O–H groups in total. The zero-order valence-electron chi connectivity index (χ0n) is 7.97. The van der Waals surface area contributed by atoms with Crippen LogP contribution in [-0.4, -0.2) is 18.1 Å². The van der Waals surface area contributed by atoms with E-state index in [1.54, 1.807) is 0 Å². The van der Waals surface area contributed by atoms with E-state index in [4.69, 9.17) is 5.73 Å². The molecule has 0 aromatic rings. The van der Waals surface area contributed by atoms with Gasteiger partial charge in [0, 0.05) is 6.04 Å². The van der Waals surface area contributed by atoms with E-state index < -0.39 is 0 Å². The molecule has 2 unspecified atom stereocenters. The largest absolute Gasteiger partial charge is 0.327 e. The van der Waals surface area contributed by atoms with Crippen molar-refractivity contribution in [1.82, 2.24) is 0 Å². The summed E-state index contributed by atoms with van der Waals surface area (Å²) in [6.07, 6.45) is 5.84. The van der Waals surface area contributed by atoms with E-state index in [-0.39, 0.29) is 0 Å². The highest BCUT2D eigenvalue weighted by Crippen LogP contribution is 2.12. The second-order valence-electron chi connectivity index (χ2n) is 3.21. The molecule has 0 spiro atoms. The summed E-state index contributed by atoms with van der Waals surface area (Å²) in [4.78, 5) is 0. The van der Waals surface area contributed by atoms with Gasteiger partial charge in [-0.3, -0.25) is 0 Å². The van der Waals surface area contributed by atoms with Gasteiger partial charge in [0.05, 0.1) is 0 Å². The first kappa shape index (κ1) is 11.3. The van der Waals surface area contributed by atoms with Crippen molar-refractivity contribution < 1.29 is 0 Å². The van der Waals surface area contributed by atoms with E-state index in [1.165, 1.54) is 25.0 Å². The van der Waals surface area contributed by atoms with Crippen LogP contribution in [0.25, 0.3) is 0 Å². The third-order valence-electron chi connectivity index (χ3n) is 2.13. The van der Waals surface area contributed by atoms with Gasteiger partial charge in [-0.1, -0.05) is 20.3 Å². The fourth-order valence-corrected chi connectivity index (χ4v) is 1.72. The van der Waals surface area contributed by atoms with Crippen LogP contribution in [0.5, 0.6) is 0 Å². The van der Waals surface area contributed by atoms with Gasteiger partial charge in [0.1, 0.15) is 0 Å². The molecule has 1 nitrogen and oxygen atoms in total. The summed E-state index contributed by atoms with van der Waals surface area (Å²) in [5.74, 6) is 1.90. The molecule has 0 aliphatic rings. The van der Waals surface area contributed by atoms with Gasteiger partial charge in [-0.15, -0.1) is 0 Å². The Morgan fingerprint density at radius 3 is 2.45 bits per heavy atom. The van der Waals surface area contributed by atoms with Gasteiger partial charge < -0.3 is 5.73 Å². The summed E-state index contributed by atoms with van der Waals surface area (Å²) in [6, 6.07) is 0.419. The van der Waals surface area contributed by atoms with Crippen molar-refractivity contribution in [2.75, 3.05) is 12.0 Å². The summed E-state index contributed by atoms with van der Waals surface area (Å²) < 4.78 is 0. The second kappa shape index (κ2) is 6.99. The number of hydrogen-bond donors (Lipinski definition) is 1.